The van der Waals surface area contributed by atoms with Gasteiger partial charge in [0.25, 0.3) is 5.91 Å². The number of anilines is 1. The summed E-state index contributed by atoms with van der Waals surface area (Å²) in [6.07, 6.45) is 2.71. The summed E-state index contributed by atoms with van der Waals surface area (Å²) >= 11 is 3.36. The van der Waals surface area contributed by atoms with Gasteiger partial charge in [0.15, 0.2) is 0 Å². The van der Waals surface area contributed by atoms with Gasteiger partial charge in [0.05, 0.1) is 11.2 Å². The standard InChI is InChI=1S/C21H18BrFN4O/c1-12-9-13(3-5-17(12)27-21(28)19(25-2)7-8-24)18-6-4-14-10-15(23)11-16(22)20(14)26-18/h3-11H,24H2,1-2H3,(H,27,28). The lowest BCUT2D eigenvalue weighted by Gasteiger charge is -2.11. The van der Waals surface area contributed by atoms with Gasteiger partial charge in [0.2, 0.25) is 0 Å². The second kappa shape index (κ2) is 8.31. The van der Waals surface area contributed by atoms with Crippen LogP contribution in [0.25, 0.3) is 22.2 Å². The number of fused-ring (bicyclic) bond motifs is 1. The molecule has 0 atom stereocenters. The topological polar surface area (TPSA) is 80.4 Å². The van der Waals surface area contributed by atoms with Gasteiger partial charge in [-0.05, 0) is 71.0 Å². The van der Waals surface area contributed by atoms with Crippen LogP contribution in [0.1, 0.15) is 5.56 Å². The fourth-order valence-corrected chi connectivity index (χ4v) is 3.35. The van der Waals surface area contributed by atoms with Gasteiger partial charge < -0.3 is 11.1 Å². The molecule has 142 valence electrons. The number of nitrogens with zero attached hydrogens (tertiary/aromatic N) is 2. The minimum absolute atomic E-state index is 0.235. The van der Waals surface area contributed by atoms with E-state index in [4.69, 9.17) is 5.73 Å². The summed E-state index contributed by atoms with van der Waals surface area (Å²) in [6, 6.07) is 12.1. The van der Waals surface area contributed by atoms with Crippen molar-refractivity contribution in [2.24, 2.45) is 10.7 Å². The lowest BCUT2D eigenvalue weighted by atomic mass is 10.1. The number of hydrogen-bond donors (Lipinski definition) is 2. The van der Waals surface area contributed by atoms with E-state index in [1.807, 2.05) is 37.3 Å². The third-order valence-corrected chi connectivity index (χ3v) is 4.81. The molecule has 1 aromatic heterocycles. The van der Waals surface area contributed by atoms with E-state index in [9.17, 15) is 9.18 Å². The van der Waals surface area contributed by atoms with Crippen molar-refractivity contribution in [2.75, 3.05) is 12.4 Å². The van der Waals surface area contributed by atoms with Crippen molar-refractivity contribution in [1.29, 1.82) is 0 Å². The fourth-order valence-electron chi connectivity index (χ4n) is 2.81. The Morgan fingerprint density at radius 3 is 2.71 bits per heavy atom. The molecule has 0 saturated carbocycles. The molecule has 0 aliphatic rings. The molecule has 28 heavy (non-hydrogen) atoms. The first-order chi connectivity index (χ1) is 13.4. The van der Waals surface area contributed by atoms with E-state index in [0.717, 1.165) is 22.2 Å². The maximum absolute atomic E-state index is 13.5. The number of hydrogen-bond acceptors (Lipinski definition) is 4. The Balaban J connectivity index is 1.92. The molecule has 3 rings (SSSR count). The summed E-state index contributed by atoms with van der Waals surface area (Å²) in [5.74, 6) is -0.654. The second-order valence-corrected chi connectivity index (χ2v) is 6.96. The summed E-state index contributed by atoms with van der Waals surface area (Å²) < 4.78 is 14.1. The zero-order valence-electron chi connectivity index (χ0n) is 15.3. The van der Waals surface area contributed by atoms with E-state index in [-0.39, 0.29) is 17.4 Å². The van der Waals surface area contributed by atoms with Crippen LogP contribution < -0.4 is 11.1 Å². The van der Waals surface area contributed by atoms with Crippen LogP contribution in [0.5, 0.6) is 0 Å². The lowest BCUT2D eigenvalue weighted by molar-refractivity contribution is -0.110. The Morgan fingerprint density at radius 2 is 2.04 bits per heavy atom. The van der Waals surface area contributed by atoms with Gasteiger partial charge in [0.1, 0.15) is 11.5 Å². The molecule has 0 aliphatic heterocycles. The first-order valence-corrected chi connectivity index (χ1v) is 9.25. The summed E-state index contributed by atoms with van der Waals surface area (Å²) in [7, 11) is 1.53. The van der Waals surface area contributed by atoms with E-state index >= 15 is 0 Å². The minimum atomic E-state index is -0.338. The predicted molar refractivity (Wildman–Crippen MR) is 115 cm³/mol. The van der Waals surface area contributed by atoms with Crippen molar-refractivity contribution in [3.63, 3.8) is 0 Å². The molecule has 3 N–H and O–H groups in total. The third-order valence-electron chi connectivity index (χ3n) is 4.21. The molecule has 3 aromatic rings. The summed E-state index contributed by atoms with van der Waals surface area (Å²) in [5, 5.41) is 3.54. The normalized spacial score (nSPS) is 11.9. The molecular formula is C21H18BrFN4O. The fraction of sp³-hybridized carbons (Fsp3) is 0.0952. The number of aromatic nitrogens is 1. The number of nitrogens with two attached hydrogens (primary N) is 1. The van der Waals surface area contributed by atoms with Gasteiger partial charge >= 0.3 is 0 Å². The van der Waals surface area contributed by atoms with Crippen LogP contribution in [0.3, 0.4) is 0 Å². The smallest absolute Gasteiger partial charge is 0.273 e. The molecule has 1 amide bonds. The maximum Gasteiger partial charge on any atom is 0.273 e. The van der Waals surface area contributed by atoms with Gasteiger partial charge in [-0.15, -0.1) is 0 Å². The first kappa shape index (κ1) is 19.7. The monoisotopic (exact) mass is 440 g/mol. The molecule has 0 saturated heterocycles. The van der Waals surface area contributed by atoms with Gasteiger partial charge in [-0.1, -0.05) is 12.1 Å². The lowest BCUT2D eigenvalue weighted by Crippen LogP contribution is -2.22. The molecule has 0 unspecified atom stereocenters. The van der Waals surface area contributed by atoms with Crippen LogP contribution in [-0.4, -0.2) is 23.7 Å². The summed E-state index contributed by atoms with van der Waals surface area (Å²) in [5.41, 5.74) is 9.44. The zero-order chi connectivity index (χ0) is 20.3. The summed E-state index contributed by atoms with van der Waals surface area (Å²) in [6.45, 7) is 1.90. The van der Waals surface area contributed by atoms with Crippen molar-refractivity contribution >= 4 is 44.1 Å². The molecule has 2 aromatic carbocycles. The van der Waals surface area contributed by atoms with E-state index < -0.39 is 0 Å². The number of amides is 1. The van der Waals surface area contributed by atoms with E-state index in [1.54, 1.807) is 0 Å². The van der Waals surface area contributed by atoms with E-state index in [2.05, 4.69) is 31.2 Å². The third kappa shape index (κ3) is 4.09. The molecule has 7 heteroatoms. The highest BCUT2D eigenvalue weighted by Gasteiger charge is 2.11. The number of halogens is 2. The Bertz CT molecular complexity index is 1120. The van der Waals surface area contributed by atoms with Crippen LogP contribution in [0, 0.1) is 12.7 Å². The Labute approximate surface area is 170 Å². The van der Waals surface area contributed by atoms with Gasteiger partial charge in [-0.25, -0.2) is 9.37 Å². The maximum atomic E-state index is 13.5. The van der Waals surface area contributed by atoms with E-state index in [1.165, 1.54) is 31.5 Å². The van der Waals surface area contributed by atoms with Crippen molar-refractivity contribution in [2.45, 2.75) is 6.92 Å². The van der Waals surface area contributed by atoms with Gasteiger partial charge in [0, 0.05) is 28.2 Å². The van der Waals surface area contributed by atoms with Crippen LogP contribution in [0.15, 0.2) is 64.2 Å². The summed E-state index contributed by atoms with van der Waals surface area (Å²) in [4.78, 5) is 20.8. The van der Waals surface area contributed by atoms with Crippen LogP contribution >= 0.6 is 15.9 Å². The van der Waals surface area contributed by atoms with Crippen LogP contribution in [0.4, 0.5) is 10.1 Å². The number of carbonyl (C=O) groups is 1. The molecule has 0 radical (unpaired) electrons. The highest BCUT2D eigenvalue weighted by Crippen LogP contribution is 2.29. The number of aliphatic imine (C=N–C) groups is 1. The number of carbonyl (C=O) groups excluding carboxylic acids is 1. The number of aryl methyl sites for hydroxylation is 1. The molecule has 0 fully saturated rings. The number of nitrogens with one attached hydrogen (secondary N) is 1. The highest BCUT2D eigenvalue weighted by atomic mass is 79.9. The Kier molecular flexibility index (Phi) is 5.84. The van der Waals surface area contributed by atoms with E-state index in [0.29, 0.717) is 15.7 Å². The largest absolute Gasteiger partial charge is 0.405 e. The molecule has 0 spiro atoms. The zero-order valence-corrected chi connectivity index (χ0v) is 16.9. The SMILES string of the molecule is CN=C(C=CN)C(=O)Nc1ccc(-c2ccc3cc(F)cc(Br)c3n2)cc1C. The Hall–Kier alpha value is -3.06. The minimum Gasteiger partial charge on any atom is -0.405 e. The van der Waals surface area contributed by atoms with Crippen LogP contribution in [-0.2, 0) is 4.79 Å². The van der Waals surface area contributed by atoms with Crippen molar-refractivity contribution in [3.8, 4) is 11.3 Å². The number of pyridine rings is 1. The van der Waals surface area contributed by atoms with Crippen molar-refractivity contribution in [1.82, 2.24) is 4.98 Å². The average molecular weight is 441 g/mol. The van der Waals surface area contributed by atoms with Crippen molar-refractivity contribution in [3.05, 3.63) is 70.6 Å². The number of benzene rings is 2. The first-order valence-electron chi connectivity index (χ1n) is 8.46. The highest BCUT2D eigenvalue weighted by molar-refractivity contribution is 9.10. The predicted octanol–water partition coefficient (Wildman–Crippen LogP) is 4.59. The second-order valence-electron chi connectivity index (χ2n) is 6.11. The van der Waals surface area contributed by atoms with Crippen LogP contribution in [0.2, 0.25) is 0 Å². The average Bonchev–Trinajstić information content (AvgIpc) is 2.67. The number of rotatable bonds is 4. The molecular weight excluding hydrogens is 423 g/mol. The quantitative estimate of drug-likeness (QED) is 0.581. The molecule has 1 heterocycles. The Morgan fingerprint density at radius 1 is 1.25 bits per heavy atom. The van der Waals surface area contributed by atoms with Gasteiger partial charge in [-0.3, -0.25) is 9.79 Å². The molecule has 0 aliphatic carbocycles. The van der Waals surface area contributed by atoms with Crippen molar-refractivity contribution < 1.29 is 9.18 Å². The molecule has 0 bridgehead atoms. The molecule has 5 nitrogen and oxygen atoms in total. The van der Waals surface area contributed by atoms with Gasteiger partial charge in [-0.2, -0.15) is 0 Å².